The fraction of sp³-hybridized carbons (Fsp3) is 0.429. The number of aliphatic hydroxyl groups excluding tert-OH is 1. The van der Waals surface area contributed by atoms with E-state index in [1.165, 1.54) is 10.6 Å². The summed E-state index contributed by atoms with van der Waals surface area (Å²) < 4.78 is 34.4. The third kappa shape index (κ3) is 4.61. The largest absolute Gasteiger partial charge is 0.394 e. The molecule has 0 spiro atoms. The second-order valence-electron chi connectivity index (χ2n) is 9.07. The molecular weight excluding hydrogens is 494 g/mol. The summed E-state index contributed by atoms with van der Waals surface area (Å²) in [5.74, 6) is 0. The van der Waals surface area contributed by atoms with E-state index in [2.05, 4.69) is 14.9 Å². The van der Waals surface area contributed by atoms with Crippen molar-refractivity contribution in [2.75, 3.05) is 6.61 Å². The molecule has 186 valence electrons. The Balaban J connectivity index is 1.65. The molecule has 0 aromatic carbocycles. The van der Waals surface area contributed by atoms with Crippen molar-refractivity contribution in [3.8, 4) is 0 Å². The summed E-state index contributed by atoms with van der Waals surface area (Å²) in [6, 6.07) is 1.35. The summed E-state index contributed by atoms with van der Waals surface area (Å²) in [5, 5.41) is 17.6. The van der Waals surface area contributed by atoms with Gasteiger partial charge in [0.1, 0.15) is 9.04 Å². The Morgan fingerprint density at radius 3 is 2.46 bits per heavy atom. The highest BCUT2D eigenvalue weighted by atomic mass is 32.2. The van der Waals surface area contributed by atoms with E-state index >= 15 is 0 Å². The first-order valence-corrected chi connectivity index (χ1v) is 13.3. The van der Waals surface area contributed by atoms with Crippen LogP contribution < -0.4 is 16.0 Å². The molecule has 1 fully saturated rings. The molecule has 0 amide bonds. The van der Waals surface area contributed by atoms with Crippen LogP contribution in [-0.4, -0.2) is 54.4 Å². The van der Waals surface area contributed by atoms with Crippen molar-refractivity contribution in [3.63, 3.8) is 0 Å². The summed E-state index contributed by atoms with van der Waals surface area (Å²) in [6.07, 6.45) is 8.05. The van der Waals surface area contributed by atoms with Crippen LogP contribution in [0.15, 0.2) is 44.7 Å². The van der Waals surface area contributed by atoms with Crippen LogP contribution in [-0.2, 0) is 36.7 Å². The molecule has 0 saturated heterocycles. The lowest BCUT2D eigenvalue weighted by molar-refractivity contribution is 0.269. The zero-order chi connectivity index (χ0) is 25.0. The number of hydrogen-bond acceptors (Lipinski definition) is 8. The molecule has 35 heavy (non-hydrogen) atoms. The average Bonchev–Trinajstić information content (AvgIpc) is 3.21. The molecule has 2 N–H and O–H groups in total. The van der Waals surface area contributed by atoms with Gasteiger partial charge in [-0.25, -0.2) is 17.9 Å². The second-order valence-corrected chi connectivity index (χ2v) is 12.0. The Hall–Kier alpha value is -3.07. The maximum atomic E-state index is 13.5. The normalized spacial score (nSPS) is 15.2. The molecular formula is C21H25N7O5S2. The quantitative estimate of drug-likeness (QED) is 0.318. The van der Waals surface area contributed by atoms with Crippen LogP contribution in [0.4, 0.5) is 0 Å². The van der Waals surface area contributed by atoms with Crippen molar-refractivity contribution in [1.29, 1.82) is 0 Å². The fourth-order valence-electron chi connectivity index (χ4n) is 3.88. The first-order chi connectivity index (χ1) is 16.6. The minimum Gasteiger partial charge on any atom is -0.394 e. The Morgan fingerprint density at radius 2 is 1.80 bits per heavy atom. The molecule has 0 bridgehead atoms. The molecule has 4 heterocycles. The third-order valence-corrected chi connectivity index (χ3v) is 9.24. The number of fused-ring (bicyclic) bond motifs is 1. The molecule has 4 aromatic heterocycles. The van der Waals surface area contributed by atoms with Gasteiger partial charge >= 0.3 is 5.69 Å². The molecule has 5 rings (SSSR count). The molecule has 0 unspecified atom stereocenters. The van der Waals surface area contributed by atoms with Crippen molar-refractivity contribution in [3.05, 3.63) is 62.8 Å². The molecule has 1 aliphatic carbocycles. The Bertz CT molecular complexity index is 1640. The van der Waals surface area contributed by atoms with Gasteiger partial charge in [-0.1, -0.05) is 0 Å². The number of thiophene rings is 1. The molecule has 12 nitrogen and oxygen atoms in total. The van der Waals surface area contributed by atoms with Gasteiger partial charge in [0, 0.05) is 36.1 Å². The summed E-state index contributed by atoms with van der Waals surface area (Å²) in [6.45, 7) is 2.13. The molecule has 0 aliphatic heterocycles. The average molecular weight is 520 g/mol. The summed E-state index contributed by atoms with van der Waals surface area (Å²) in [5.41, 5.74) is -0.253. The highest BCUT2D eigenvalue weighted by Crippen LogP contribution is 2.37. The topological polar surface area (TPSA) is 146 Å². The standard InChI is InChI=1S/C21H25N7O5S2/c1-21(3-4-21)24-35(32,33)17-7-16-18(30)27(12-14-8-22-25(2)10-14)20(31)28(19(16)34-17)13-15-9-23-26(11-15)5-6-29/h7-11,24,29H,3-6,12-13H2,1-2H3. The van der Waals surface area contributed by atoms with E-state index in [0.29, 0.717) is 17.7 Å². The zero-order valence-corrected chi connectivity index (χ0v) is 20.8. The number of nitrogens with one attached hydrogen (secondary N) is 1. The minimum absolute atomic E-state index is 0.000524. The first-order valence-electron chi connectivity index (χ1n) is 11.0. The van der Waals surface area contributed by atoms with Gasteiger partial charge in [0.05, 0.1) is 44.0 Å². The maximum absolute atomic E-state index is 13.5. The predicted octanol–water partition coefficient (Wildman–Crippen LogP) is 0.0744. The highest BCUT2D eigenvalue weighted by Gasteiger charge is 2.41. The van der Waals surface area contributed by atoms with E-state index in [0.717, 1.165) is 28.7 Å². The number of sulfonamides is 1. The number of aliphatic hydroxyl groups is 1. The second kappa shape index (κ2) is 8.55. The van der Waals surface area contributed by atoms with Crippen molar-refractivity contribution < 1.29 is 13.5 Å². The van der Waals surface area contributed by atoms with Crippen LogP contribution in [0, 0.1) is 0 Å². The van der Waals surface area contributed by atoms with Gasteiger partial charge in [0.25, 0.3) is 15.6 Å². The van der Waals surface area contributed by atoms with E-state index in [9.17, 15) is 18.0 Å². The van der Waals surface area contributed by atoms with Gasteiger partial charge in [0.15, 0.2) is 0 Å². The Labute approximate surface area is 204 Å². The Morgan fingerprint density at radius 1 is 1.11 bits per heavy atom. The van der Waals surface area contributed by atoms with Gasteiger partial charge in [-0.05, 0) is 25.8 Å². The van der Waals surface area contributed by atoms with Crippen LogP contribution in [0.5, 0.6) is 0 Å². The molecule has 1 aliphatic rings. The van der Waals surface area contributed by atoms with E-state index in [-0.39, 0.29) is 34.1 Å². The van der Waals surface area contributed by atoms with Gasteiger partial charge < -0.3 is 5.11 Å². The number of rotatable bonds is 9. The Kier molecular flexibility index (Phi) is 5.78. The lowest BCUT2D eigenvalue weighted by Crippen LogP contribution is -2.40. The van der Waals surface area contributed by atoms with Crippen LogP contribution in [0.3, 0.4) is 0 Å². The molecule has 4 aromatic rings. The number of hydrogen-bond donors (Lipinski definition) is 2. The van der Waals surface area contributed by atoms with E-state index in [4.69, 9.17) is 5.11 Å². The van der Waals surface area contributed by atoms with Crippen molar-refractivity contribution in [2.45, 2.75) is 49.1 Å². The lowest BCUT2D eigenvalue weighted by Gasteiger charge is -2.11. The lowest BCUT2D eigenvalue weighted by atomic mass is 10.3. The monoisotopic (exact) mass is 519 g/mol. The fourth-order valence-corrected chi connectivity index (χ4v) is 6.79. The molecule has 0 radical (unpaired) electrons. The van der Waals surface area contributed by atoms with Gasteiger partial charge in [-0.3, -0.25) is 23.3 Å². The predicted molar refractivity (Wildman–Crippen MR) is 129 cm³/mol. The molecule has 1 saturated carbocycles. The van der Waals surface area contributed by atoms with Gasteiger partial charge in [-0.15, -0.1) is 11.3 Å². The first kappa shape index (κ1) is 23.7. The third-order valence-electron chi connectivity index (χ3n) is 5.97. The number of nitrogens with zero attached hydrogens (tertiary/aromatic N) is 6. The zero-order valence-electron chi connectivity index (χ0n) is 19.2. The van der Waals surface area contributed by atoms with E-state index in [1.54, 1.807) is 41.2 Å². The number of aromatic nitrogens is 6. The number of aryl methyl sites for hydroxylation is 1. The van der Waals surface area contributed by atoms with E-state index in [1.807, 2.05) is 6.92 Å². The summed E-state index contributed by atoms with van der Waals surface area (Å²) in [4.78, 5) is 27.2. The van der Waals surface area contributed by atoms with Crippen molar-refractivity contribution in [1.82, 2.24) is 33.4 Å². The van der Waals surface area contributed by atoms with Crippen LogP contribution >= 0.6 is 11.3 Å². The van der Waals surface area contributed by atoms with Crippen LogP contribution in [0.1, 0.15) is 30.9 Å². The highest BCUT2D eigenvalue weighted by molar-refractivity contribution is 7.91. The van der Waals surface area contributed by atoms with Crippen molar-refractivity contribution >= 4 is 31.6 Å². The summed E-state index contributed by atoms with van der Waals surface area (Å²) in [7, 11) is -2.12. The van der Waals surface area contributed by atoms with Crippen LogP contribution in [0.25, 0.3) is 10.2 Å². The van der Waals surface area contributed by atoms with Crippen LogP contribution in [0.2, 0.25) is 0 Å². The van der Waals surface area contributed by atoms with Gasteiger partial charge in [0.2, 0.25) is 0 Å². The van der Waals surface area contributed by atoms with Crippen molar-refractivity contribution in [2.24, 2.45) is 7.05 Å². The smallest absolute Gasteiger partial charge is 0.332 e. The minimum atomic E-state index is -3.86. The SMILES string of the molecule is Cn1cc(Cn2c(=O)c3cc(S(=O)(=O)NC4(C)CC4)sc3n(Cc3cnn(CCO)c3)c2=O)cn1. The van der Waals surface area contributed by atoms with Gasteiger partial charge in [-0.2, -0.15) is 10.2 Å². The molecule has 14 heteroatoms. The maximum Gasteiger partial charge on any atom is 0.332 e. The summed E-state index contributed by atoms with van der Waals surface area (Å²) >= 11 is 0.899. The van der Waals surface area contributed by atoms with E-state index < -0.39 is 26.8 Å². The molecule has 0 atom stereocenters.